The van der Waals surface area contributed by atoms with Gasteiger partial charge in [0.1, 0.15) is 6.61 Å². The molecule has 104 valence electrons. The van der Waals surface area contributed by atoms with Crippen molar-refractivity contribution in [1.29, 1.82) is 0 Å². The lowest BCUT2D eigenvalue weighted by Gasteiger charge is -2.12. The number of pyridine rings is 1. The van der Waals surface area contributed by atoms with E-state index in [-0.39, 0.29) is 12.2 Å². The summed E-state index contributed by atoms with van der Waals surface area (Å²) in [4.78, 5) is 16.4. The van der Waals surface area contributed by atoms with Gasteiger partial charge in [0.15, 0.2) is 0 Å². The Morgan fingerprint density at radius 3 is 2.70 bits per heavy atom. The summed E-state index contributed by atoms with van der Waals surface area (Å²) in [6.07, 6.45) is 1.91. The monoisotopic (exact) mass is 289 g/mol. The van der Waals surface area contributed by atoms with Gasteiger partial charge in [-0.15, -0.1) is 11.8 Å². The van der Waals surface area contributed by atoms with Gasteiger partial charge >= 0.3 is 5.97 Å². The van der Waals surface area contributed by atoms with Gasteiger partial charge in [0.25, 0.3) is 0 Å². The van der Waals surface area contributed by atoms with Crippen LogP contribution in [0.3, 0.4) is 0 Å². The molecule has 0 spiro atoms. The number of benzene rings is 1. The molecule has 2 aromatic rings. The van der Waals surface area contributed by atoms with Crippen molar-refractivity contribution >= 4 is 17.7 Å². The Hall–Kier alpha value is -2.01. The number of hydrogen-bond acceptors (Lipinski definition) is 4. The molecule has 0 amide bonds. The minimum atomic E-state index is -0.947. The summed E-state index contributed by atoms with van der Waals surface area (Å²) in [5, 5.41) is 9.25. The summed E-state index contributed by atoms with van der Waals surface area (Å²) in [6.45, 7) is 2.07. The zero-order valence-electron chi connectivity index (χ0n) is 11.3. The van der Waals surface area contributed by atoms with Crippen LogP contribution in [0.1, 0.15) is 21.6 Å². The van der Waals surface area contributed by atoms with Crippen molar-refractivity contribution in [2.24, 2.45) is 0 Å². The van der Waals surface area contributed by atoms with E-state index in [0.29, 0.717) is 11.4 Å². The van der Waals surface area contributed by atoms with E-state index in [1.54, 1.807) is 18.2 Å². The van der Waals surface area contributed by atoms with Crippen LogP contribution in [0.5, 0.6) is 5.88 Å². The summed E-state index contributed by atoms with van der Waals surface area (Å²) in [5.74, 6) is -0.450. The summed E-state index contributed by atoms with van der Waals surface area (Å²) in [6, 6.07) is 10.7. The van der Waals surface area contributed by atoms with Crippen molar-refractivity contribution in [3.63, 3.8) is 0 Å². The summed E-state index contributed by atoms with van der Waals surface area (Å²) in [7, 11) is 0. The van der Waals surface area contributed by atoms with Crippen LogP contribution < -0.4 is 4.74 Å². The molecule has 0 fully saturated rings. The van der Waals surface area contributed by atoms with E-state index >= 15 is 0 Å². The Morgan fingerprint density at radius 2 is 2.05 bits per heavy atom. The molecule has 1 N–H and O–H groups in total. The fraction of sp³-hybridized carbons (Fsp3) is 0.200. The lowest BCUT2D eigenvalue weighted by atomic mass is 10.1. The van der Waals surface area contributed by atoms with Crippen molar-refractivity contribution in [1.82, 2.24) is 4.98 Å². The first-order valence-electron chi connectivity index (χ1n) is 6.07. The minimum absolute atomic E-state index is 0.190. The quantitative estimate of drug-likeness (QED) is 0.855. The highest BCUT2D eigenvalue weighted by molar-refractivity contribution is 7.98. The predicted octanol–water partition coefficient (Wildman–Crippen LogP) is 3.39. The maximum absolute atomic E-state index is 11.3. The largest absolute Gasteiger partial charge is 0.478 e. The van der Waals surface area contributed by atoms with E-state index in [9.17, 15) is 9.90 Å². The van der Waals surface area contributed by atoms with E-state index < -0.39 is 5.97 Å². The molecule has 0 aliphatic rings. The summed E-state index contributed by atoms with van der Waals surface area (Å²) >= 11 is 1.50. The SMILES string of the molecule is CSc1cccc(C(=O)O)c1COc1cccc(C)n1. The molecule has 0 saturated heterocycles. The van der Waals surface area contributed by atoms with Crippen LogP contribution in [-0.2, 0) is 6.61 Å². The molecule has 0 radical (unpaired) electrons. The number of carbonyl (C=O) groups is 1. The molecule has 0 aliphatic carbocycles. The maximum atomic E-state index is 11.3. The second kappa shape index (κ2) is 6.43. The number of carboxylic acids is 1. The molecular formula is C15H15NO3S. The van der Waals surface area contributed by atoms with Gasteiger partial charge in [-0.05, 0) is 31.4 Å². The van der Waals surface area contributed by atoms with Gasteiger partial charge in [-0.3, -0.25) is 0 Å². The van der Waals surface area contributed by atoms with Crippen molar-refractivity contribution in [3.8, 4) is 5.88 Å². The molecule has 1 heterocycles. The highest BCUT2D eigenvalue weighted by atomic mass is 32.2. The van der Waals surface area contributed by atoms with Gasteiger partial charge in [-0.1, -0.05) is 12.1 Å². The van der Waals surface area contributed by atoms with Gasteiger partial charge in [0.05, 0.1) is 5.56 Å². The normalized spacial score (nSPS) is 10.3. The number of nitrogens with zero attached hydrogens (tertiary/aromatic N) is 1. The zero-order chi connectivity index (χ0) is 14.5. The van der Waals surface area contributed by atoms with Crippen LogP contribution in [0, 0.1) is 6.92 Å². The Labute approximate surface area is 121 Å². The molecule has 2 rings (SSSR count). The number of ether oxygens (including phenoxy) is 1. The first-order valence-corrected chi connectivity index (χ1v) is 7.30. The highest BCUT2D eigenvalue weighted by Crippen LogP contribution is 2.25. The van der Waals surface area contributed by atoms with E-state index in [2.05, 4.69) is 4.98 Å². The van der Waals surface area contributed by atoms with E-state index in [1.807, 2.05) is 31.4 Å². The zero-order valence-corrected chi connectivity index (χ0v) is 12.1. The van der Waals surface area contributed by atoms with Gasteiger partial charge in [0, 0.05) is 22.2 Å². The van der Waals surface area contributed by atoms with E-state index in [1.165, 1.54) is 11.8 Å². The lowest BCUT2D eigenvalue weighted by Crippen LogP contribution is -2.07. The smallest absolute Gasteiger partial charge is 0.336 e. The van der Waals surface area contributed by atoms with Gasteiger partial charge in [0.2, 0.25) is 5.88 Å². The molecule has 0 aliphatic heterocycles. The molecule has 1 aromatic heterocycles. The number of aromatic nitrogens is 1. The Bertz CT molecular complexity index is 628. The minimum Gasteiger partial charge on any atom is -0.478 e. The predicted molar refractivity (Wildman–Crippen MR) is 78.5 cm³/mol. The number of aryl methyl sites for hydroxylation is 1. The molecule has 20 heavy (non-hydrogen) atoms. The number of aromatic carboxylic acids is 1. The molecule has 5 heteroatoms. The third kappa shape index (κ3) is 3.30. The number of hydrogen-bond donors (Lipinski definition) is 1. The molecule has 1 aromatic carbocycles. The van der Waals surface area contributed by atoms with Crippen molar-refractivity contribution in [2.45, 2.75) is 18.4 Å². The van der Waals surface area contributed by atoms with Crippen LogP contribution in [0.2, 0.25) is 0 Å². The van der Waals surface area contributed by atoms with E-state index in [4.69, 9.17) is 4.74 Å². The second-order valence-electron chi connectivity index (χ2n) is 4.20. The lowest BCUT2D eigenvalue weighted by molar-refractivity contribution is 0.0693. The van der Waals surface area contributed by atoms with Crippen LogP contribution in [0.15, 0.2) is 41.3 Å². The van der Waals surface area contributed by atoms with Crippen LogP contribution in [0.4, 0.5) is 0 Å². The first kappa shape index (κ1) is 14.4. The Morgan fingerprint density at radius 1 is 1.30 bits per heavy atom. The standard InChI is InChI=1S/C15H15NO3S/c1-10-5-3-8-14(16-10)19-9-12-11(15(17)18)6-4-7-13(12)20-2/h3-8H,9H2,1-2H3,(H,17,18). The molecular weight excluding hydrogens is 274 g/mol. The van der Waals surface area contributed by atoms with Crippen molar-refractivity contribution in [2.75, 3.05) is 6.26 Å². The topological polar surface area (TPSA) is 59.4 Å². The third-order valence-electron chi connectivity index (χ3n) is 2.81. The number of thioether (sulfide) groups is 1. The molecule has 0 unspecified atom stereocenters. The van der Waals surface area contributed by atoms with Crippen LogP contribution in [0.25, 0.3) is 0 Å². The Balaban J connectivity index is 2.26. The second-order valence-corrected chi connectivity index (χ2v) is 5.05. The fourth-order valence-corrected chi connectivity index (χ4v) is 2.48. The summed E-state index contributed by atoms with van der Waals surface area (Å²) in [5.41, 5.74) is 1.81. The first-order chi connectivity index (χ1) is 9.61. The third-order valence-corrected chi connectivity index (χ3v) is 3.63. The molecule has 4 nitrogen and oxygen atoms in total. The van der Waals surface area contributed by atoms with Gasteiger partial charge in [-0.25, -0.2) is 9.78 Å². The van der Waals surface area contributed by atoms with E-state index in [0.717, 1.165) is 10.6 Å². The van der Waals surface area contributed by atoms with Crippen molar-refractivity contribution < 1.29 is 14.6 Å². The van der Waals surface area contributed by atoms with Gasteiger partial charge in [-0.2, -0.15) is 0 Å². The Kier molecular flexibility index (Phi) is 4.63. The van der Waals surface area contributed by atoms with Crippen molar-refractivity contribution in [3.05, 3.63) is 53.2 Å². The highest BCUT2D eigenvalue weighted by Gasteiger charge is 2.14. The fourth-order valence-electron chi connectivity index (χ4n) is 1.85. The average molecular weight is 289 g/mol. The van der Waals surface area contributed by atoms with Crippen LogP contribution >= 0.6 is 11.8 Å². The summed E-state index contributed by atoms with van der Waals surface area (Å²) < 4.78 is 5.62. The number of rotatable bonds is 5. The average Bonchev–Trinajstić information content (AvgIpc) is 2.44. The molecule has 0 atom stereocenters. The molecule has 0 saturated carbocycles. The number of carboxylic acid groups (broad SMARTS) is 1. The van der Waals surface area contributed by atoms with Gasteiger partial charge < -0.3 is 9.84 Å². The molecule has 0 bridgehead atoms. The maximum Gasteiger partial charge on any atom is 0.336 e. The van der Waals surface area contributed by atoms with Crippen LogP contribution in [-0.4, -0.2) is 22.3 Å².